The SMILES string of the molecule is Cc1oc2ncnc(N3CCCCC3)c2c1C(=O)NCCCN(Cc1ccccc1)C(C)C. The number of amides is 1. The number of rotatable bonds is 9. The van der Waals surface area contributed by atoms with Crippen molar-refractivity contribution in [1.82, 2.24) is 20.2 Å². The van der Waals surface area contributed by atoms with Crippen LogP contribution in [0.25, 0.3) is 11.1 Å². The van der Waals surface area contributed by atoms with Crippen LogP contribution in [-0.4, -0.2) is 53.0 Å². The molecule has 7 heteroatoms. The molecule has 176 valence electrons. The molecule has 0 atom stereocenters. The number of nitrogens with one attached hydrogen (secondary N) is 1. The Labute approximate surface area is 196 Å². The van der Waals surface area contributed by atoms with Crippen molar-refractivity contribution < 1.29 is 9.21 Å². The quantitative estimate of drug-likeness (QED) is 0.483. The molecular formula is C26H35N5O2. The van der Waals surface area contributed by atoms with Crippen LogP contribution >= 0.6 is 0 Å². The molecule has 3 heterocycles. The van der Waals surface area contributed by atoms with Crippen LogP contribution in [0.15, 0.2) is 41.1 Å². The number of nitrogens with zero attached hydrogens (tertiary/aromatic N) is 4. The summed E-state index contributed by atoms with van der Waals surface area (Å²) in [4.78, 5) is 26.7. The van der Waals surface area contributed by atoms with Crippen molar-refractivity contribution in [2.45, 2.75) is 59.0 Å². The fourth-order valence-corrected chi connectivity index (χ4v) is 4.56. The van der Waals surface area contributed by atoms with E-state index in [4.69, 9.17) is 4.42 Å². The first-order valence-electron chi connectivity index (χ1n) is 12.1. The van der Waals surface area contributed by atoms with Gasteiger partial charge in [0.2, 0.25) is 5.71 Å². The van der Waals surface area contributed by atoms with E-state index in [9.17, 15) is 4.79 Å². The zero-order chi connectivity index (χ0) is 23.2. The highest BCUT2D eigenvalue weighted by molar-refractivity contribution is 6.10. The first-order chi connectivity index (χ1) is 16.0. The molecule has 1 amide bonds. The van der Waals surface area contributed by atoms with Gasteiger partial charge in [-0.1, -0.05) is 30.3 Å². The number of anilines is 1. The van der Waals surface area contributed by atoms with Gasteiger partial charge in [-0.15, -0.1) is 0 Å². The Morgan fingerprint density at radius 1 is 1.15 bits per heavy atom. The van der Waals surface area contributed by atoms with E-state index in [0.29, 0.717) is 29.6 Å². The standard InChI is InChI=1S/C26H35N5O2/c1-19(2)31(17-21-11-6-4-7-12-21)16-10-13-27-25(32)22-20(3)33-26-23(22)24(28-18-29-26)30-14-8-5-9-15-30/h4,6-7,11-12,18-19H,5,8-10,13-17H2,1-3H3,(H,27,32). The molecule has 0 aliphatic carbocycles. The molecule has 1 aliphatic heterocycles. The predicted octanol–water partition coefficient (Wildman–Crippen LogP) is 4.55. The van der Waals surface area contributed by atoms with Crippen LogP contribution in [0.1, 0.15) is 61.2 Å². The zero-order valence-electron chi connectivity index (χ0n) is 20.0. The highest BCUT2D eigenvalue weighted by Gasteiger charge is 2.25. The largest absolute Gasteiger partial charge is 0.442 e. The van der Waals surface area contributed by atoms with Crippen molar-refractivity contribution in [2.24, 2.45) is 0 Å². The summed E-state index contributed by atoms with van der Waals surface area (Å²) in [7, 11) is 0. The van der Waals surface area contributed by atoms with Crippen molar-refractivity contribution in [2.75, 3.05) is 31.1 Å². The first-order valence-corrected chi connectivity index (χ1v) is 12.1. The molecule has 1 aromatic carbocycles. The van der Waals surface area contributed by atoms with Crippen LogP contribution < -0.4 is 10.2 Å². The van der Waals surface area contributed by atoms with Crippen molar-refractivity contribution in [1.29, 1.82) is 0 Å². The Hall–Kier alpha value is -2.93. The lowest BCUT2D eigenvalue weighted by molar-refractivity contribution is 0.0950. The Balaban J connectivity index is 1.41. The molecule has 1 fully saturated rings. The number of carbonyl (C=O) groups excluding carboxylic acids is 1. The van der Waals surface area contributed by atoms with Crippen LogP contribution in [-0.2, 0) is 6.54 Å². The maximum absolute atomic E-state index is 13.2. The maximum Gasteiger partial charge on any atom is 0.255 e. The molecule has 0 unspecified atom stereocenters. The second-order valence-corrected chi connectivity index (χ2v) is 9.12. The van der Waals surface area contributed by atoms with Gasteiger partial charge in [0.1, 0.15) is 17.9 Å². The van der Waals surface area contributed by atoms with E-state index in [1.807, 2.05) is 13.0 Å². The van der Waals surface area contributed by atoms with E-state index in [1.165, 1.54) is 18.3 Å². The van der Waals surface area contributed by atoms with Crippen LogP contribution in [0.2, 0.25) is 0 Å². The monoisotopic (exact) mass is 449 g/mol. The molecule has 33 heavy (non-hydrogen) atoms. The van der Waals surface area contributed by atoms with E-state index < -0.39 is 0 Å². The number of furan rings is 1. The predicted molar refractivity (Wildman–Crippen MR) is 132 cm³/mol. The summed E-state index contributed by atoms with van der Waals surface area (Å²) in [6.07, 6.45) is 5.92. The fraction of sp³-hybridized carbons (Fsp3) is 0.500. The van der Waals surface area contributed by atoms with Crippen LogP contribution in [0.5, 0.6) is 0 Å². The third kappa shape index (κ3) is 5.53. The Morgan fingerprint density at radius 3 is 2.64 bits per heavy atom. The molecule has 1 N–H and O–H groups in total. The molecule has 3 aromatic rings. The molecule has 1 aliphatic rings. The number of hydrogen-bond acceptors (Lipinski definition) is 6. The molecule has 1 saturated heterocycles. The second-order valence-electron chi connectivity index (χ2n) is 9.12. The third-order valence-electron chi connectivity index (χ3n) is 6.39. The number of fused-ring (bicyclic) bond motifs is 1. The topological polar surface area (TPSA) is 74.5 Å². The average Bonchev–Trinajstić information content (AvgIpc) is 3.17. The van der Waals surface area contributed by atoms with Gasteiger partial charge in [0, 0.05) is 38.8 Å². The number of carbonyl (C=O) groups is 1. The van der Waals surface area contributed by atoms with Crippen LogP contribution in [0.4, 0.5) is 5.82 Å². The van der Waals surface area contributed by atoms with Gasteiger partial charge in [0.25, 0.3) is 5.91 Å². The van der Waals surface area contributed by atoms with Gasteiger partial charge in [-0.3, -0.25) is 9.69 Å². The normalized spacial score (nSPS) is 14.4. The van der Waals surface area contributed by atoms with Crippen LogP contribution in [0.3, 0.4) is 0 Å². The summed E-state index contributed by atoms with van der Waals surface area (Å²) in [5, 5.41) is 3.84. The fourth-order valence-electron chi connectivity index (χ4n) is 4.56. The number of benzene rings is 1. The average molecular weight is 450 g/mol. The maximum atomic E-state index is 13.2. The van der Waals surface area contributed by atoms with E-state index in [2.05, 4.69) is 63.2 Å². The smallest absolute Gasteiger partial charge is 0.255 e. The molecule has 2 aromatic heterocycles. The third-order valence-corrected chi connectivity index (χ3v) is 6.39. The number of piperidine rings is 1. The minimum atomic E-state index is -0.113. The summed E-state index contributed by atoms with van der Waals surface area (Å²) >= 11 is 0. The van der Waals surface area contributed by atoms with Gasteiger partial charge in [0.05, 0.1) is 10.9 Å². The zero-order valence-corrected chi connectivity index (χ0v) is 20.0. The lowest BCUT2D eigenvalue weighted by Gasteiger charge is -2.28. The summed E-state index contributed by atoms with van der Waals surface area (Å²) in [6.45, 7) is 10.6. The molecular weight excluding hydrogens is 414 g/mol. The summed E-state index contributed by atoms with van der Waals surface area (Å²) < 4.78 is 5.85. The summed E-state index contributed by atoms with van der Waals surface area (Å²) in [6, 6.07) is 11.0. The van der Waals surface area contributed by atoms with Crippen LogP contribution in [0, 0.1) is 6.92 Å². The first kappa shape index (κ1) is 23.2. The Bertz CT molecular complexity index is 1060. The van der Waals surface area contributed by atoms with Crippen molar-refractivity contribution in [3.63, 3.8) is 0 Å². The van der Waals surface area contributed by atoms with Crippen molar-refractivity contribution in [3.05, 3.63) is 53.5 Å². The number of aryl methyl sites for hydroxylation is 1. The summed E-state index contributed by atoms with van der Waals surface area (Å²) in [5.74, 6) is 1.29. The van der Waals surface area contributed by atoms with Crippen molar-refractivity contribution in [3.8, 4) is 0 Å². The Kier molecular flexibility index (Phi) is 7.60. The molecule has 7 nitrogen and oxygen atoms in total. The molecule has 0 bridgehead atoms. The lowest BCUT2D eigenvalue weighted by atomic mass is 10.1. The minimum absolute atomic E-state index is 0.113. The van der Waals surface area contributed by atoms with Crippen molar-refractivity contribution >= 4 is 22.8 Å². The minimum Gasteiger partial charge on any atom is -0.442 e. The highest BCUT2D eigenvalue weighted by atomic mass is 16.3. The van der Waals surface area contributed by atoms with Gasteiger partial charge in [-0.05, 0) is 52.0 Å². The Morgan fingerprint density at radius 2 is 1.91 bits per heavy atom. The van der Waals surface area contributed by atoms with Gasteiger partial charge in [-0.2, -0.15) is 0 Å². The van der Waals surface area contributed by atoms with Gasteiger partial charge >= 0.3 is 0 Å². The van der Waals surface area contributed by atoms with Gasteiger partial charge in [-0.25, -0.2) is 9.97 Å². The highest BCUT2D eigenvalue weighted by Crippen LogP contribution is 2.32. The summed E-state index contributed by atoms with van der Waals surface area (Å²) in [5.41, 5.74) is 2.36. The second kappa shape index (κ2) is 10.8. The number of aromatic nitrogens is 2. The van der Waals surface area contributed by atoms with E-state index in [-0.39, 0.29) is 5.91 Å². The number of hydrogen-bond donors (Lipinski definition) is 1. The van der Waals surface area contributed by atoms with Gasteiger partial charge in [0.15, 0.2) is 0 Å². The lowest BCUT2D eigenvalue weighted by Crippen LogP contribution is -2.34. The molecule has 4 rings (SSSR count). The van der Waals surface area contributed by atoms with E-state index in [1.54, 1.807) is 0 Å². The van der Waals surface area contributed by atoms with Gasteiger partial charge < -0.3 is 14.6 Å². The van der Waals surface area contributed by atoms with E-state index >= 15 is 0 Å². The molecule has 0 radical (unpaired) electrons. The van der Waals surface area contributed by atoms with E-state index in [0.717, 1.165) is 56.6 Å². The molecule has 0 spiro atoms. The molecule has 0 saturated carbocycles.